The van der Waals surface area contributed by atoms with Crippen LogP contribution < -0.4 is 5.32 Å². The molecule has 7 rings (SSSR count). The van der Waals surface area contributed by atoms with Crippen molar-refractivity contribution in [3.8, 4) is 0 Å². The van der Waals surface area contributed by atoms with E-state index in [1.165, 1.54) is 6.42 Å². The molecule has 4 bridgehead atoms. The maximum absolute atomic E-state index is 13.7. The molecule has 4 saturated carbocycles. The molecule has 33 heavy (non-hydrogen) atoms. The molecule has 2 atom stereocenters. The summed E-state index contributed by atoms with van der Waals surface area (Å²) in [6.07, 6.45) is 11.1. The summed E-state index contributed by atoms with van der Waals surface area (Å²) in [4.78, 5) is 17.8. The fourth-order valence-electron chi connectivity index (χ4n) is 6.84. The average molecular weight is 506 g/mol. The van der Waals surface area contributed by atoms with Gasteiger partial charge in [0.1, 0.15) is 6.33 Å². The number of benzene rings is 1. The third kappa shape index (κ3) is 3.65. The van der Waals surface area contributed by atoms with E-state index < -0.39 is 5.41 Å². The summed E-state index contributed by atoms with van der Waals surface area (Å²) in [6.45, 7) is 0.430. The highest BCUT2D eigenvalue weighted by Crippen LogP contribution is 2.64. The van der Waals surface area contributed by atoms with E-state index in [0.717, 1.165) is 37.7 Å². The van der Waals surface area contributed by atoms with Crippen LogP contribution in [0.25, 0.3) is 0 Å². The zero-order chi connectivity index (χ0) is 22.8. The van der Waals surface area contributed by atoms with Crippen LogP contribution in [0, 0.1) is 17.3 Å². The first-order valence-electron chi connectivity index (χ1n) is 11.2. The normalized spacial score (nSPS) is 30.0. The molecule has 10 heteroatoms. The van der Waals surface area contributed by atoms with Gasteiger partial charge in [-0.2, -0.15) is 5.10 Å². The lowest BCUT2D eigenvalue weighted by atomic mass is 9.46. The molecular formula is C23H23Cl3N6O. The fraction of sp³-hybridized carbons (Fsp3) is 0.478. The number of halogens is 3. The van der Waals surface area contributed by atoms with Crippen LogP contribution in [0.4, 0.5) is 5.69 Å². The second-order valence-corrected chi connectivity index (χ2v) is 11.2. The van der Waals surface area contributed by atoms with E-state index in [4.69, 9.17) is 34.8 Å². The van der Waals surface area contributed by atoms with Gasteiger partial charge in [0, 0.05) is 21.8 Å². The van der Waals surface area contributed by atoms with Crippen LogP contribution in [-0.2, 0) is 16.9 Å². The molecule has 4 fully saturated rings. The molecule has 1 amide bonds. The number of aromatic nitrogens is 5. The number of amides is 1. The van der Waals surface area contributed by atoms with Crippen LogP contribution in [0.3, 0.4) is 0 Å². The molecule has 2 aromatic heterocycles. The molecule has 4 aliphatic rings. The van der Waals surface area contributed by atoms with Gasteiger partial charge in [0.05, 0.1) is 29.4 Å². The minimum absolute atomic E-state index is 0.0718. The van der Waals surface area contributed by atoms with E-state index in [0.29, 0.717) is 34.1 Å². The fourth-order valence-corrected chi connectivity index (χ4v) is 7.49. The van der Waals surface area contributed by atoms with Gasteiger partial charge >= 0.3 is 0 Å². The SMILES string of the molecule is O=C(Nc1cnn(Cc2c(Cl)cccc2Cl)c1)C12CC3CC(C1)CC(n1cnc(Cl)n1)(C3)C2. The zero-order valence-corrected chi connectivity index (χ0v) is 20.1. The number of nitrogens with one attached hydrogen (secondary N) is 1. The molecule has 2 unspecified atom stereocenters. The second-order valence-electron chi connectivity index (χ2n) is 10.0. The highest BCUT2D eigenvalue weighted by molar-refractivity contribution is 6.36. The van der Waals surface area contributed by atoms with E-state index in [2.05, 4.69) is 20.5 Å². The standard InChI is InChI=1S/C23H23Cl3N6O/c24-18-2-1-3-19(25)17(18)11-31-10-16(9-28-31)29-20(33)22-5-14-4-15(6-22)8-23(7-14,12-22)32-13-27-21(26)30-32/h1-3,9-10,13-15H,4-8,11-12H2,(H,29,33). The molecule has 172 valence electrons. The van der Waals surface area contributed by atoms with Crippen molar-refractivity contribution in [2.24, 2.45) is 17.3 Å². The molecular weight excluding hydrogens is 483 g/mol. The topological polar surface area (TPSA) is 77.6 Å². The number of rotatable bonds is 5. The second kappa shape index (κ2) is 7.72. The zero-order valence-electron chi connectivity index (χ0n) is 17.8. The number of anilines is 1. The lowest BCUT2D eigenvalue weighted by molar-refractivity contribution is -0.150. The Morgan fingerprint density at radius 1 is 1.12 bits per heavy atom. The number of nitrogens with zero attached hydrogens (tertiary/aromatic N) is 5. The lowest BCUT2D eigenvalue weighted by Gasteiger charge is -2.60. The third-order valence-corrected chi connectivity index (χ3v) is 8.62. The van der Waals surface area contributed by atoms with Crippen molar-refractivity contribution in [2.75, 3.05) is 5.32 Å². The van der Waals surface area contributed by atoms with Gasteiger partial charge in [-0.25, -0.2) is 9.67 Å². The maximum atomic E-state index is 13.7. The number of carbonyl (C=O) groups excluding carboxylic acids is 1. The molecule has 0 spiro atoms. The summed E-state index contributed by atoms with van der Waals surface area (Å²) in [6, 6.07) is 5.43. The molecule has 0 radical (unpaired) electrons. The quantitative estimate of drug-likeness (QED) is 0.502. The summed E-state index contributed by atoms with van der Waals surface area (Å²) in [5.74, 6) is 1.11. The Morgan fingerprint density at radius 3 is 2.52 bits per heavy atom. The van der Waals surface area contributed by atoms with Gasteiger partial charge in [-0.3, -0.25) is 9.48 Å². The van der Waals surface area contributed by atoms with Gasteiger partial charge in [0.25, 0.3) is 0 Å². The van der Waals surface area contributed by atoms with Gasteiger partial charge < -0.3 is 5.32 Å². The smallest absolute Gasteiger partial charge is 0.242 e. The van der Waals surface area contributed by atoms with Crippen molar-refractivity contribution in [1.82, 2.24) is 24.5 Å². The molecule has 0 saturated heterocycles. The Morgan fingerprint density at radius 2 is 1.85 bits per heavy atom. The Labute approximate surface area is 206 Å². The first kappa shape index (κ1) is 21.4. The minimum Gasteiger partial charge on any atom is -0.323 e. The summed E-state index contributed by atoms with van der Waals surface area (Å²) in [7, 11) is 0. The van der Waals surface area contributed by atoms with Gasteiger partial charge in [-0.15, -0.1) is 5.10 Å². The van der Waals surface area contributed by atoms with Crippen molar-refractivity contribution in [1.29, 1.82) is 0 Å². The van der Waals surface area contributed by atoms with Gasteiger partial charge in [-0.1, -0.05) is 29.3 Å². The Hall–Kier alpha value is -2.09. The minimum atomic E-state index is -0.406. The predicted molar refractivity (Wildman–Crippen MR) is 127 cm³/mol. The monoisotopic (exact) mass is 504 g/mol. The van der Waals surface area contributed by atoms with Crippen LogP contribution in [0.5, 0.6) is 0 Å². The molecule has 4 aliphatic carbocycles. The number of hydrogen-bond donors (Lipinski definition) is 1. The summed E-state index contributed by atoms with van der Waals surface area (Å²) < 4.78 is 3.67. The van der Waals surface area contributed by atoms with E-state index >= 15 is 0 Å². The van der Waals surface area contributed by atoms with Gasteiger partial charge in [0.2, 0.25) is 11.2 Å². The Bertz CT molecular complexity index is 1200. The third-order valence-electron chi connectivity index (χ3n) is 7.73. The highest BCUT2D eigenvalue weighted by atomic mass is 35.5. The Balaban J connectivity index is 1.22. The van der Waals surface area contributed by atoms with Crippen molar-refractivity contribution in [2.45, 2.75) is 50.6 Å². The van der Waals surface area contributed by atoms with Gasteiger partial charge in [0.15, 0.2) is 0 Å². The van der Waals surface area contributed by atoms with Crippen molar-refractivity contribution in [3.05, 3.63) is 57.8 Å². The average Bonchev–Trinajstić information content (AvgIpc) is 3.39. The van der Waals surface area contributed by atoms with Crippen LogP contribution >= 0.6 is 34.8 Å². The van der Waals surface area contributed by atoms with E-state index in [1.807, 2.05) is 16.9 Å². The predicted octanol–water partition coefficient (Wildman–Crippen LogP) is 5.42. The lowest BCUT2D eigenvalue weighted by Crippen LogP contribution is -2.60. The van der Waals surface area contributed by atoms with Crippen molar-refractivity contribution < 1.29 is 4.79 Å². The molecule has 0 aliphatic heterocycles. The Kier molecular flexibility index (Phi) is 5.02. The molecule has 2 heterocycles. The van der Waals surface area contributed by atoms with E-state index in [-0.39, 0.29) is 16.7 Å². The van der Waals surface area contributed by atoms with Crippen molar-refractivity contribution >= 4 is 46.4 Å². The van der Waals surface area contributed by atoms with Gasteiger partial charge in [-0.05, 0) is 74.1 Å². The molecule has 1 N–H and O–H groups in total. The molecule has 7 nitrogen and oxygen atoms in total. The first-order chi connectivity index (χ1) is 15.8. The van der Waals surface area contributed by atoms with E-state index in [1.54, 1.807) is 29.3 Å². The highest BCUT2D eigenvalue weighted by Gasteiger charge is 2.61. The van der Waals surface area contributed by atoms with Crippen molar-refractivity contribution in [3.63, 3.8) is 0 Å². The van der Waals surface area contributed by atoms with Crippen LogP contribution in [0.2, 0.25) is 15.3 Å². The summed E-state index contributed by atoms with van der Waals surface area (Å²) in [5, 5.41) is 13.4. The number of hydrogen-bond acceptors (Lipinski definition) is 4. The molecule has 1 aromatic carbocycles. The van der Waals surface area contributed by atoms with Crippen LogP contribution in [-0.4, -0.2) is 30.5 Å². The largest absolute Gasteiger partial charge is 0.323 e. The maximum Gasteiger partial charge on any atom is 0.242 e. The van der Waals surface area contributed by atoms with Crippen LogP contribution in [0.15, 0.2) is 36.9 Å². The summed E-state index contributed by atoms with van der Waals surface area (Å²) >= 11 is 18.6. The number of carbonyl (C=O) groups is 1. The van der Waals surface area contributed by atoms with Crippen LogP contribution in [0.1, 0.15) is 44.1 Å². The molecule has 3 aromatic rings. The van der Waals surface area contributed by atoms with E-state index in [9.17, 15) is 4.79 Å². The summed E-state index contributed by atoms with van der Waals surface area (Å²) in [5.41, 5.74) is 0.900. The first-order valence-corrected chi connectivity index (χ1v) is 12.3.